The van der Waals surface area contributed by atoms with E-state index in [1.165, 1.54) is 0 Å². The number of hydrogen-bond acceptors (Lipinski definition) is 3. The molecule has 0 bridgehead atoms. The number of aliphatic hydroxyl groups excluding tert-OH is 1. The average Bonchev–Trinajstić information content (AvgIpc) is 1.82. The molecule has 0 saturated heterocycles. The summed E-state index contributed by atoms with van der Waals surface area (Å²) in [5.41, 5.74) is 0. The predicted octanol–water partition coefficient (Wildman–Crippen LogP) is 0.938. The smallest absolute Gasteiger partial charge is 0.0765 e. The first kappa shape index (κ1) is 13.2. The van der Waals surface area contributed by atoms with E-state index < -0.39 is 7.11 Å². The SMILES string of the molecule is C=P(C)(C)OC(C)C(CO)N(C)C. The van der Waals surface area contributed by atoms with E-state index in [-0.39, 0.29) is 18.8 Å². The van der Waals surface area contributed by atoms with Gasteiger partial charge in [0.1, 0.15) is 0 Å². The van der Waals surface area contributed by atoms with Crippen LogP contribution in [0.15, 0.2) is 0 Å². The van der Waals surface area contributed by atoms with Gasteiger partial charge in [0, 0.05) is 0 Å². The Morgan fingerprint density at radius 3 is 2.15 bits per heavy atom. The van der Waals surface area contributed by atoms with Crippen LogP contribution in [-0.4, -0.2) is 62.5 Å². The van der Waals surface area contributed by atoms with Crippen molar-refractivity contribution in [2.45, 2.75) is 19.1 Å². The molecule has 13 heavy (non-hydrogen) atoms. The van der Waals surface area contributed by atoms with Crippen LogP contribution in [0, 0.1) is 0 Å². The zero-order valence-corrected chi connectivity index (χ0v) is 10.2. The van der Waals surface area contributed by atoms with E-state index >= 15 is 0 Å². The van der Waals surface area contributed by atoms with Gasteiger partial charge in [-0.15, -0.1) is 0 Å². The van der Waals surface area contributed by atoms with Gasteiger partial charge >= 0.3 is 0 Å². The van der Waals surface area contributed by atoms with E-state index in [1.807, 2.05) is 39.2 Å². The third-order valence-electron chi connectivity index (χ3n) is 1.84. The van der Waals surface area contributed by atoms with E-state index in [4.69, 9.17) is 9.63 Å². The van der Waals surface area contributed by atoms with Crippen molar-refractivity contribution in [2.24, 2.45) is 0 Å². The van der Waals surface area contributed by atoms with Crippen molar-refractivity contribution in [3.63, 3.8) is 0 Å². The Morgan fingerprint density at radius 2 is 1.92 bits per heavy atom. The molecule has 0 fully saturated rings. The molecule has 1 N–H and O–H groups in total. The maximum absolute atomic E-state index is 9.13. The van der Waals surface area contributed by atoms with E-state index in [0.717, 1.165) is 0 Å². The fraction of sp³-hybridized carbons (Fsp3) is 0.889. The van der Waals surface area contributed by atoms with Gasteiger partial charge < -0.3 is 14.5 Å². The van der Waals surface area contributed by atoms with Gasteiger partial charge in [0.05, 0.1) is 18.8 Å². The molecular weight excluding hydrogens is 185 g/mol. The van der Waals surface area contributed by atoms with Gasteiger partial charge in [0.15, 0.2) is 0 Å². The Kier molecular flexibility index (Phi) is 5.23. The highest BCUT2D eigenvalue weighted by molar-refractivity contribution is 7.67. The van der Waals surface area contributed by atoms with Crippen molar-refractivity contribution < 1.29 is 9.63 Å². The summed E-state index contributed by atoms with van der Waals surface area (Å²) in [4.78, 5) is 1.97. The third kappa shape index (κ3) is 5.48. The van der Waals surface area contributed by atoms with Gasteiger partial charge in [-0.2, -0.15) is 0 Å². The highest BCUT2D eigenvalue weighted by atomic mass is 31.2. The summed E-state index contributed by atoms with van der Waals surface area (Å²) < 4.78 is 5.75. The van der Waals surface area contributed by atoms with Crippen molar-refractivity contribution >= 4 is 13.4 Å². The van der Waals surface area contributed by atoms with Crippen LogP contribution in [-0.2, 0) is 4.52 Å². The van der Waals surface area contributed by atoms with Gasteiger partial charge in [0.25, 0.3) is 0 Å². The molecule has 0 radical (unpaired) electrons. The monoisotopic (exact) mass is 207 g/mol. The van der Waals surface area contributed by atoms with Crippen LogP contribution in [0.4, 0.5) is 0 Å². The fourth-order valence-corrected chi connectivity index (χ4v) is 2.29. The Balaban J connectivity index is 4.22. The first-order valence-corrected chi connectivity index (χ1v) is 7.20. The zero-order valence-electron chi connectivity index (χ0n) is 9.32. The molecule has 0 spiro atoms. The minimum atomic E-state index is -1.47. The molecule has 4 heteroatoms. The number of likely N-dealkylation sites (N-methyl/N-ethyl adjacent to an activating group) is 1. The molecule has 2 unspecified atom stereocenters. The van der Waals surface area contributed by atoms with Crippen LogP contribution in [0.1, 0.15) is 6.92 Å². The van der Waals surface area contributed by atoms with E-state index in [9.17, 15) is 0 Å². The summed E-state index contributed by atoms with van der Waals surface area (Å²) in [6.07, 6.45) is 4.00. The number of aliphatic hydroxyl groups is 1. The Morgan fingerprint density at radius 1 is 1.46 bits per heavy atom. The largest absolute Gasteiger partial charge is 0.395 e. The summed E-state index contributed by atoms with van der Waals surface area (Å²) in [5.74, 6) is 0. The lowest BCUT2D eigenvalue weighted by atomic mass is 10.2. The van der Waals surface area contributed by atoms with Crippen LogP contribution >= 0.6 is 7.11 Å². The van der Waals surface area contributed by atoms with Crippen LogP contribution in [0.5, 0.6) is 0 Å². The van der Waals surface area contributed by atoms with E-state index in [2.05, 4.69) is 6.30 Å². The summed E-state index contributed by atoms with van der Waals surface area (Å²) in [6, 6.07) is 0.0565. The van der Waals surface area contributed by atoms with Crippen molar-refractivity contribution in [1.82, 2.24) is 4.90 Å². The lowest BCUT2D eigenvalue weighted by Crippen LogP contribution is -2.41. The third-order valence-corrected chi connectivity index (χ3v) is 2.75. The second kappa shape index (κ2) is 5.16. The molecule has 3 nitrogen and oxygen atoms in total. The first-order chi connectivity index (χ1) is 5.78. The fourth-order valence-electron chi connectivity index (χ4n) is 1.25. The standard InChI is InChI=1S/C9H22NO2P/c1-8(12-13(4,5)6)9(7-11)10(2)3/h8-9,11H,4,7H2,1-3,5-6H3. The molecule has 2 atom stereocenters. The summed E-state index contributed by atoms with van der Waals surface area (Å²) in [5, 5.41) is 9.13. The maximum Gasteiger partial charge on any atom is 0.0765 e. The molecule has 0 heterocycles. The van der Waals surface area contributed by atoms with E-state index in [0.29, 0.717) is 0 Å². The highest BCUT2D eigenvalue weighted by Gasteiger charge is 2.20. The molecule has 0 aromatic heterocycles. The maximum atomic E-state index is 9.13. The molecule has 0 aliphatic carbocycles. The molecule has 0 aliphatic heterocycles. The molecule has 0 aromatic rings. The number of rotatable bonds is 5. The number of hydrogen-bond donors (Lipinski definition) is 1. The summed E-state index contributed by atoms with van der Waals surface area (Å²) in [7, 11) is 2.41. The normalized spacial score (nSPS) is 17.5. The minimum absolute atomic E-state index is 0.0285. The molecule has 80 valence electrons. The van der Waals surface area contributed by atoms with Crippen LogP contribution in [0.3, 0.4) is 0 Å². The van der Waals surface area contributed by atoms with Crippen molar-refractivity contribution in [3.8, 4) is 0 Å². The average molecular weight is 207 g/mol. The van der Waals surface area contributed by atoms with Crippen molar-refractivity contribution in [2.75, 3.05) is 34.0 Å². The Hall–Kier alpha value is 0.180. The van der Waals surface area contributed by atoms with Gasteiger partial charge in [-0.05, 0) is 41.5 Å². The topological polar surface area (TPSA) is 32.7 Å². The lowest BCUT2D eigenvalue weighted by molar-refractivity contribution is 0.0735. The molecule has 0 amide bonds. The van der Waals surface area contributed by atoms with Gasteiger partial charge in [-0.25, -0.2) is 0 Å². The molecule has 0 rings (SSSR count). The minimum Gasteiger partial charge on any atom is -0.395 e. The van der Waals surface area contributed by atoms with Crippen molar-refractivity contribution in [1.29, 1.82) is 0 Å². The molecular formula is C9H22NO2P. The predicted molar refractivity (Wildman–Crippen MR) is 61.0 cm³/mol. The van der Waals surface area contributed by atoms with Gasteiger partial charge in [-0.3, -0.25) is 0 Å². The summed E-state index contributed by atoms with van der Waals surface area (Å²) in [6.45, 7) is 6.14. The first-order valence-electron chi connectivity index (χ1n) is 4.42. The molecule has 0 aliphatic rings. The van der Waals surface area contributed by atoms with Gasteiger partial charge in [-0.1, -0.05) is 6.30 Å². The molecule has 0 saturated carbocycles. The second-order valence-corrected chi connectivity index (χ2v) is 7.46. The van der Waals surface area contributed by atoms with Crippen LogP contribution < -0.4 is 0 Å². The van der Waals surface area contributed by atoms with Crippen molar-refractivity contribution in [3.05, 3.63) is 0 Å². The van der Waals surface area contributed by atoms with Crippen LogP contribution in [0.25, 0.3) is 0 Å². The number of nitrogens with zero attached hydrogens (tertiary/aromatic N) is 1. The zero-order chi connectivity index (χ0) is 10.6. The second-order valence-electron chi connectivity index (χ2n) is 4.10. The van der Waals surface area contributed by atoms with Crippen LogP contribution in [0.2, 0.25) is 0 Å². The van der Waals surface area contributed by atoms with E-state index in [1.54, 1.807) is 0 Å². The van der Waals surface area contributed by atoms with Gasteiger partial charge in [0.2, 0.25) is 0 Å². The lowest BCUT2D eigenvalue weighted by Gasteiger charge is -2.31. The summed E-state index contributed by atoms with van der Waals surface area (Å²) >= 11 is 0. The molecule has 0 aromatic carbocycles. The highest BCUT2D eigenvalue weighted by Crippen LogP contribution is 2.39. The Labute approximate surface area is 81.8 Å². The Bertz CT molecular complexity index is 188. The quantitative estimate of drug-likeness (QED) is 0.681.